The maximum absolute atomic E-state index is 13.3. The molecule has 0 radical (unpaired) electrons. The fraction of sp³-hybridized carbons (Fsp3) is 0.500. The molecule has 1 rings (SSSR count). The first-order valence-corrected chi connectivity index (χ1v) is 6.77. The van der Waals surface area contributed by atoms with Crippen molar-refractivity contribution in [1.82, 2.24) is 5.32 Å². The highest BCUT2D eigenvalue weighted by Gasteiger charge is 2.01. The summed E-state index contributed by atoms with van der Waals surface area (Å²) in [6.07, 6.45) is 2.02. The van der Waals surface area contributed by atoms with Gasteiger partial charge in [0.05, 0.1) is 6.61 Å². The SMILES string of the molecule is CCNCc1cc(F)cc(OCCSC)c1. The van der Waals surface area contributed by atoms with E-state index in [9.17, 15) is 4.39 Å². The minimum absolute atomic E-state index is 0.241. The van der Waals surface area contributed by atoms with Crippen LogP contribution in [-0.4, -0.2) is 25.2 Å². The van der Waals surface area contributed by atoms with Gasteiger partial charge in [-0.15, -0.1) is 0 Å². The maximum atomic E-state index is 13.3. The van der Waals surface area contributed by atoms with Crippen molar-refractivity contribution in [2.45, 2.75) is 13.5 Å². The van der Waals surface area contributed by atoms with Gasteiger partial charge in [-0.3, -0.25) is 0 Å². The molecule has 0 saturated heterocycles. The monoisotopic (exact) mass is 243 g/mol. The number of hydrogen-bond acceptors (Lipinski definition) is 3. The predicted molar refractivity (Wildman–Crippen MR) is 67.7 cm³/mol. The van der Waals surface area contributed by atoms with Gasteiger partial charge in [-0.2, -0.15) is 11.8 Å². The summed E-state index contributed by atoms with van der Waals surface area (Å²) in [5, 5.41) is 3.16. The van der Waals surface area contributed by atoms with Gasteiger partial charge in [0.2, 0.25) is 0 Å². The standard InChI is InChI=1S/C12H18FNOS/c1-3-14-9-10-6-11(13)8-12(7-10)15-4-5-16-2/h6-8,14H,3-5,9H2,1-2H3. The smallest absolute Gasteiger partial charge is 0.127 e. The van der Waals surface area contributed by atoms with E-state index in [1.54, 1.807) is 11.8 Å². The molecule has 0 fully saturated rings. The Morgan fingerprint density at radius 2 is 2.19 bits per heavy atom. The van der Waals surface area contributed by atoms with Crippen molar-refractivity contribution < 1.29 is 9.13 Å². The first-order valence-electron chi connectivity index (χ1n) is 5.38. The fourth-order valence-corrected chi connectivity index (χ4v) is 1.57. The van der Waals surface area contributed by atoms with Gasteiger partial charge >= 0.3 is 0 Å². The minimum Gasteiger partial charge on any atom is -0.493 e. The van der Waals surface area contributed by atoms with Crippen LogP contribution in [-0.2, 0) is 6.54 Å². The largest absolute Gasteiger partial charge is 0.493 e. The Labute approximate surface area is 101 Å². The lowest BCUT2D eigenvalue weighted by Crippen LogP contribution is -2.12. The second kappa shape index (κ2) is 7.52. The van der Waals surface area contributed by atoms with E-state index < -0.39 is 0 Å². The molecule has 0 bridgehead atoms. The van der Waals surface area contributed by atoms with Crippen LogP contribution in [0.4, 0.5) is 4.39 Å². The number of ether oxygens (including phenoxy) is 1. The third-order valence-corrected chi connectivity index (χ3v) is 2.64. The van der Waals surface area contributed by atoms with Crippen LogP contribution < -0.4 is 10.1 Å². The topological polar surface area (TPSA) is 21.3 Å². The summed E-state index contributed by atoms with van der Waals surface area (Å²) >= 11 is 1.71. The average Bonchev–Trinajstić information content (AvgIpc) is 2.26. The van der Waals surface area contributed by atoms with Gasteiger partial charge in [-0.05, 0) is 30.5 Å². The van der Waals surface area contributed by atoms with Gasteiger partial charge < -0.3 is 10.1 Å². The molecular weight excluding hydrogens is 225 g/mol. The molecule has 0 aliphatic carbocycles. The molecule has 0 spiro atoms. The predicted octanol–water partition coefficient (Wildman–Crippen LogP) is 2.68. The lowest BCUT2D eigenvalue weighted by Gasteiger charge is -2.08. The van der Waals surface area contributed by atoms with Gasteiger partial charge in [0.25, 0.3) is 0 Å². The van der Waals surface area contributed by atoms with Crippen LogP contribution in [0.1, 0.15) is 12.5 Å². The van der Waals surface area contributed by atoms with E-state index >= 15 is 0 Å². The molecule has 0 aliphatic rings. The van der Waals surface area contributed by atoms with Crippen molar-refractivity contribution in [3.05, 3.63) is 29.6 Å². The third-order valence-electron chi connectivity index (χ3n) is 2.07. The molecule has 1 N–H and O–H groups in total. The Morgan fingerprint density at radius 3 is 2.88 bits per heavy atom. The Balaban J connectivity index is 2.58. The summed E-state index contributed by atoms with van der Waals surface area (Å²) < 4.78 is 18.7. The maximum Gasteiger partial charge on any atom is 0.127 e. The van der Waals surface area contributed by atoms with E-state index in [0.29, 0.717) is 18.9 Å². The van der Waals surface area contributed by atoms with Crippen LogP contribution in [0.15, 0.2) is 18.2 Å². The minimum atomic E-state index is -0.241. The Bertz CT molecular complexity index is 320. The average molecular weight is 243 g/mol. The quantitative estimate of drug-likeness (QED) is 0.744. The summed E-state index contributed by atoms with van der Waals surface area (Å²) in [6.45, 7) is 4.19. The molecule has 2 nitrogen and oxygen atoms in total. The van der Waals surface area contributed by atoms with Crippen molar-refractivity contribution in [2.75, 3.05) is 25.2 Å². The number of thioether (sulfide) groups is 1. The molecule has 90 valence electrons. The molecule has 4 heteroatoms. The summed E-state index contributed by atoms with van der Waals surface area (Å²) in [4.78, 5) is 0. The van der Waals surface area contributed by atoms with Crippen LogP contribution in [0.3, 0.4) is 0 Å². The molecule has 1 aromatic rings. The van der Waals surface area contributed by atoms with Crippen LogP contribution in [0.25, 0.3) is 0 Å². The highest BCUT2D eigenvalue weighted by atomic mass is 32.2. The third kappa shape index (κ3) is 4.86. The van der Waals surface area contributed by atoms with Crippen molar-refractivity contribution in [3.8, 4) is 5.75 Å². The van der Waals surface area contributed by atoms with Crippen molar-refractivity contribution in [2.24, 2.45) is 0 Å². The highest BCUT2D eigenvalue weighted by Crippen LogP contribution is 2.16. The Morgan fingerprint density at radius 1 is 1.38 bits per heavy atom. The van der Waals surface area contributed by atoms with Crippen molar-refractivity contribution in [1.29, 1.82) is 0 Å². The summed E-state index contributed by atoms with van der Waals surface area (Å²) in [5.74, 6) is 1.29. The number of rotatable bonds is 7. The number of benzene rings is 1. The van der Waals surface area contributed by atoms with Gasteiger partial charge in [0, 0.05) is 18.4 Å². The molecule has 0 aliphatic heterocycles. The van der Waals surface area contributed by atoms with E-state index in [1.165, 1.54) is 12.1 Å². The molecule has 0 amide bonds. The summed E-state index contributed by atoms with van der Waals surface area (Å²) in [7, 11) is 0. The molecule has 0 saturated carbocycles. The van der Waals surface area contributed by atoms with Gasteiger partial charge in [-0.25, -0.2) is 4.39 Å². The lowest BCUT2D eigenvalue weighted by atomic mass is 10.2. The zero-order valence-corrected chi connectivity index (χ0v) is 10.6. The molecule has 0 aromatic heterocycles. The molecule has 16 heavy (non-hydrogen) atoms. The molecule has 0 heterocycles. The highest BCUT2D eigenvalue weighted by molar-refractivity contribution is 7.98. The first kappa shape index (κ1) is 13.3. The van der Waals surface area contributed by atoms with E-state index in [4.69, 9.17) is 4.74 Å². The van der Waals surface area contributed by atoms with Crippen LogP contribution in [0.2, 0.25) is 0 Å². The van der Waals surface area contributed by atoms with Gasteiger partial charge in [0.15, 0.2) is 0 Å². The molecular formula is C12H18FNOS. The lowest BCUT2D eigenvalue weighted by molar-refractivity contribution is 0.341. The Hall–Kier alpha value is -0.740. The van der Waals surface area contributed by atoms with Gasteiger partial charge in [0.1, 0.15) is 11.6 Å². The van der Waals surface area contributed by atoms with Crippen molar-refractivity contribution in [3.63, 3.8) is 0 Å². The number of nitrogens with one attached hydrogen (secondary N) is 1. The Kier molecular flexibility index (Phi) is 6.26. The van der Waals surface area contributed by atoms with Crippen LogP contribution in [0.5, 0.6) is 5.75 Å². The zero-order valence-electron chi connectivity index (χ0n) is 9.75. The molecule has 1 aromatic carbocycles. The van der Waals surface area contributed by atoms with E-state index in [0.717, 1.165) is 17.9 Å². The van der Waals surface area contributed by atoms with E-state index in [-0.39, 0.29) is 5.82 Å². The zero-order chi connectivity index (χ0) is 11.8. The summed E-state index contributed by atoms with van der Waals surface area (Å²) in [5.41, 5.74) is 0.918. The van der Waals surface area contributed by atoms with E-state index in [2.05, 4.69) is 5.32 Å². The van der Waals surface area contributed by atoms with E-state index in [1.807, 2.05) is 19.2 Å². The molecule has 0 atom stereocenters. The second-order valence-electron chi connectivity index (χ2n) is 3.42. The number of hydrogen-bond donors (Lipinski definition) is 1. The van der Waals surface area contributed by atoms with Crippen molar-refractivity contribution >= 4 is 11.8 Å². The normalized spacial score (nSPS) is 10.4. The second-order valence-corrected chi connectivity index (χ2v) is 4.40. The number of halogens is 1. The fourth-order valence-electron chi connectivity index (χ4n) is 1.32. The summed E-state index contributed by atoms with van der Waals surface area (Å²) in [6, 6.07) is 4.84. The van der Waals surface area contributed by atoms with Crippen LogP contribution in [0, 0.1) is 5.82 Å². The molecule has 0 unspecified atom stereocenters. The first-order chi connectivity index (χ1) is 7.76. The van der Waals surface area contributed by atoms with Gasteiger partial charge in [-0.1, -0.05) is 6.92 Å². The van der Waals surface area contributed by atoms with Crippen LogP contribution >= 0.6 is 11.8 Å².